The smallest absolute Gasteiger partial charge is 0.315 e. The molecule has 2 aromatic rings. The molecule has 2 rings (SSSR count). The van der Waals surface area contributed by atoms with Crippen molar-refractivity contribution < 1.29 is 17.6 Å². The minimum atomic E-state index is -3.30. The molecule has 0 aliphatic heterocycles. The summed E-state index contributed by atoms with van der Waals surface area (Å²) in [5.74, 6) is -0.0816. The van der Waals surface area contributed by atoms with Crippen LogP contribution in [-0.2, 0) is 23.6 Å². The number of hydrogen-bond donors (Lipinski definition) is 1. The number of amides is 1. The molecular formula is C11H13N3O4S2. The molecule has 1 N–H and O–H groups in total. The van der Waals surface area contributed by atoms with Crippen LogP contribution in [0.1, 0.15) is 16.3 Å². The number of nitrogens with one attached hydrogen (secondary N) is 1. The molecular weight excluding hydrogens is 302 g/mol. The van der Waals surface area contributed by atoms with Crippen LogP contribution < -0.4 is 9.52 Å². The van der Waals surface area contributed by atoms with Crippen molar-refractivity contribution in [3.8, 4) is 0 Å². The highest BCUT2D eigenvalue weighted by Gasteiger charge is 2.11. The van der Waals surface area contributed by atoms with Crippen LogP contribution in [0, 0.1) is 0 Å². The highest BCUT2D eigenvalue weighted by molar-refractivity contribution is 7.88. The molecule has 2 heterocycles. The molecule has 0 unspecified atom stereocenters. The minimum Gasteiger partial charge on any atom is -0.454 e. The number of aryl methyl sites for hydroxylation is 1. The van der Waals surface area contributed by atoms with Crippen molar-refractivity contribution in [2.24, 2.45) is 12.0 Å². The lowest BCUT2D eigenvalue weighted by atomic mass is 10.4. The number of sulfonamides is 1. The maximum absolute atomic E-state index is 11.9. The van der Waals surface area contributed by atoms with E-state index in [-0.39, 0.29) is 12.3 Å². The predicted octanol–water partition coefficient (Wildman–Crippen LogP) is 0.470. The summed E-state index contributed by atoms with van der Waals surface area (Å²) >= 11 is 1.34. The van der Waals surface area contributed by atoms with Gasteiger partial charge in [-0.2, -0.15) is 4.99 Å². The van der Waals surface area contributed by atoms with E-state index in [2.05, 4.69) is 9.71 Å². The minimum absolute atomic E-state index is 0.00110. The molecule has 0 saturated heterocycles. The van der Waals surface area contributed by atoms with Crippen LogP contribution in [0.5, 0.6) is 0 Å². The Hall–Kier alpha value is -1.71. The van der Waals surface area contributed by atoms with Crippen molar-refractivity contribution in [3.63, 3.8) is 0 Å². The van der Waals surface area contributed by atoms with Gasteiger partial charge in [-0.15, -0.1) is 11.3 Å². The summed E-state index contributed by atoms with van der Waals surface area (Å²) in [4.78, 5) is 16.4. The Morgan fingerprint density at radius 2 is 2.25 bits per heavy atom. The highest BCUT2D eigenvalue weighted by atomic mass is 32.2. The number of thiazole rings is 1. The molecule has 7 nitrogen and oxygen atoms in total. The third-order valence-electron chi connectivity index (χ3n) is 2.34. The molecule has 0 aliphatic rings. The number of aromatic nitrogens is 1. The van der Waals surface area contributed by atoms with Gasteiger partial charge in [-0.05, 0) is 12.1 Å². The molecule has 0 saturated carbocycles. The number of furan rings is 1. The van der Waals surface area contributed by atoms with Gasteiger partial charge in [-0.1, -0.05) is 0 Å². The van der Waals surface area contributed by atoms with Gasteiger partial charge in [0.05, 0.1) is 12.8 Å². The van der Waals surface area contributed by atoms with E-state index >= 15 is 0 Å². The van der Waals surface area contributed by atoms with Crippen LogP contribution in [-0.4, -0.2) is 25.1 Å². The van der Waals surface area contributed by atoms with Gasteiger partial charge in [0.1, 0.15) is 5.76 Å². The molecule has 20 heavy (non-hydrogen) atoms. The SMILES string of the molecule is Cn1ccsc1=NC(=O)c1ccc(CNS(C)(=O)=O)o1. The lowest BCUT2D eigenvalue weighted by Crippen LogP contribution is -2.20. The quantitative estimate of drug-likeness (QED) is 0.887. The van der Waals surface area contributed by atoms with Crippen LogP contribution in [0.3, 0.4) is 0 Å². The Bertz CT molecular complexity index is 782. The molecule has 0 aromatic carbocycles. The first kappa shape index (κ1) is 14.7. The number of rotatable bonds is 4. The summed E-state index contributed by atoms with van der Waals surface area (Å²) in [7, 11) is -1.52. The summed E-state index contributed by atoms with van der Waals surface area (Å²) in [6, 6.07) is 3.01. The fourth-order valence-electron chi connectivity index (χ4n) is 1.37. The van der Waals surface area contributed by atoms with Gasteiger partial charge in [0.25, 0.3) is 0 Å². The van der Waals surface area contributed by atoms with E-state index in [1.165, 1.54) is 23.5 Å². The Morgan fingerprint density at radius 3 is 2.85 bits per heavy atom. The average molecular weight is 315 g/mol. The van der Waals surface area contributed by atoms with Crippen LogP contribution in [0.25, 0.3) is 0 Å². The van der Waals surface area contributed by atoms with Crippen molar-refractivity contribution >= 4 is 27.3 Å². The summed E-state index contributed by atoms with van der Waals surface area (Å²) in [6.07, 6.45) is 2.84. The highest BCUT2D eigenvalue weighted by Crippen LogP contribution is 2.09. The largest absolute Gasteiger partial charge is 0.454 e. The zero-order valence-corrected chi connectivity index (χ0v) is 12.5. The first-order valence-corrected chi connectivity index (χ1v) is 8.35. The zero-order valence-electron chi connectivity index (χ0n) is 10.9. The normalized spacial score (nSPS) is 12.8. The fourth-order valence-corrected chi connectivity index (χ4v) is 2.50. The number of carbonyl (C=O) groups is 1. The fraction of sp³-hybridized carbons (Fsp3) is 0.273. The van der Waals surface area contributed by atoms with Crippen molar-refractivity contribution in [3.05, 3.63) is 40.0 Å². The molecule has 2 aromatic heterocycles. The first-order chi connectivity index (χ1) is 9.35. The Kier molecular flexibility index (Phi) is 4.21. The van der Waals surface area contributed by atoms with Crippen molar-refractivity contribution in [2.75, 3.05) is 6.26 Å². The van der Waals surface area contributed by atoms with Gasteiger partial charge in [0, 0.05) is 18.6 Å². The summed E-state index contributed by atoms with van der Waals surface area (Å²) < 4.78 is 31.2. The first-order valence-electron chi connectivity index (χ1n) is 5.58. The van der Waals surface area contributed by atoms with E-state index in [0.29, 0.717) is 10.6 Å². The Morgan fingerprint density at radius 1 is 1.50 bits per heavy atom. The summed E-state index contributed by atoms with van der Waals surface area (Å²) in [6.45, 7) is -0.00110. The Labute approximate surface area is 119 Å². The van der Waals surface area contributed by atoms with E-state index in [1.54, 1.807) is 17.8 Å². The third kappa shape index (κ3) is 3.89. The number of hydrogen-bond acceptors (Lipinski definition) is 5. The monoisotopic (exact) mass is 315 g/mol. The average Bonchev–Trinajstić information content (AvgIpc) is 2.96. The van der Waals surface area contributed by atoms with Crippen LogP contribution in [0.2, 0.25) is 0 Å². The van der Waals surface area contributed by atoms with Gasteiger partial charge >= 0.3 is 5.91 Å². The van der Waals surface area contributed by atoms with Gasteiger partial charge < -0.3 is 8.98 Å². The topological polar surface area (TPSA) is 93.7 Å². The summed E-state index contributed by atoms with van der Waals surface area (Å²) in [5, 5.41) is 1.82. The second-order valence-electron chi connectivity index (χ2n) is 4.07. The van der Waals surface area contributed by atoms with Crippen molar-refractivity contribution in [1.29, 1.82) is 0 Å². The van der Waals surface area contributed by atoms with Gasteiger partial charge in [-0.3, -0.25) is 4.79 Å². The maximum Gasteiger partial charge on any atom is 0.315 e. The van der Waals surface area contributed by atoms with E-state index in [9.17, 15) is 13.2 Å². The van der Waals surface area contributed by atoms with E-state index in [4.69, 9.17) is 4.42 Å². The van der Waals surface area contributed by atoms with Crippen molar-refractivity contribution in [1.82, 2.24) is 9.29 Å². The van der Waals surface area contributed by atoms with Gasteiger partial charge in [0.15, 0.2) is 10.6 Å². The van der Waals surface area contributed by atoms with E-state index in [0.717, 1.165) is 6.26 Å². The molecule has 0 atom stereocenters. The predicted molar refractivity (Wildman–Crippen MR) is 73.6 cm³/mol. The second kappa shape index (κ2) is 5.73. The molecule has 0 fully saturated rings. The van der Waals surface area contributed by atoms with E-state index in [1.807, 2.05) is 5.38 Å². The maximum atomic E-state index is 11.9. The Balaban J connectivity index is 2.13. The standard InChI is InChI=1S/C11H13N3O4S2/c1-14-5-6-19-11(14)13-10(15)9-4-3-8(18-9)7-12-20(2,16)17/h3-6,12H,7H2,1-2H3. The number of nitrogens with zero attached hydrogens (tertiary/aromatic N) is 2. The lowest BCUT2D eigenvalue weighted by molar-refractivity contribution is 0.0969. The molecule has 108 valence electrons. The second-order valence-corrected chi connectivity index (χ2v) is 6.78. The third-order valence-corrected chi connectivity index (χ3v) is 3.85. The van der Waals surface area contributed by atoms with E-state index < -0.39 is 15.9 Å². The van der Waals surface area contributed by atoms with Crippen LogP contribution >= 0.6 is 11.3 Å². The lowest BCUT2D eigenvalue weighted by Gasteiger charge is -1.97. The van der Waals surface area contributed by atoms with Gasteiger partial charge in [0.2, 0.25) is 10.0 Å². The van der Waals surface area contributed by atoms with Crippen LogP contribution in [0.4, 0.5) is 0 Å². The summed E-state index contributed by atoms with van der Waals surface area (Å²) in [5.41, 5.74) is 0. The molecule has 0 aliphatic carbocycles. The van der Waals surface area contributed by atoms with Crippen LogP contribution in [0.15, 0.2) is 33.1 Å². The molecule has 0 spiro atoms. The van der Waals surface area contributed by atoms with Gasteiger partial charge in [-0.25, -0.2) is 13.1 Å². The molecule has 0 bridgehead atoms. The molecule has 9 heteroatoms. The number of carbonyl (C=O) groups excluding carboxylic acids is 1. The zero-order chi connectivity index (χ0) is 14.8. The molecule has 1 amide bonds. The van der Waals surface area contributed by atoms with Crippen molar-refractivity contribution in [2.45, 2.75) is 6.54 Å². The molecule has 0 radical (unpaired) electrons.